The molecule has 21 heavy (non-hydrogen) atoms. The minimum absolute atomic E-state index is 0.208. The summed E-state index contributed by atoms with van der Waals surface area (Å²) in [5, 5.41) is 3.65. The second-order valence-corrected chi connectivity index (χ2v) is 7.69. The third kappa shape index (κ3) is 4.82. The predicted octanol–water partition coefficient (Wildman–Crippen LogP) is 3.85. The fourth-order valence-electron chi connectivity index (χ4n) is 3.07. The van der Waals surface area contributed by atoms with E-state index in [4.69, 9.17) is 0 Å². The Morgan fingerprint density at radius 3 is 2.48 bits per heavy atom. The molecule has 118 valence electrons. The molecule has 1 aromatic rings. The van der Waals surface area contributed by atoms with Gasteiger partial charge < -0.3 is 5.32 Å². The highest BCUT2D eigenvalue weighted by Gasteiger charge is 2.23. The first-order valence-corrected chi connectivity index (χ1v) is 8.42. The molecule has 0 radical (unpaired) electrons. The molecule has 0 aliphatic carbocycles. The van der Waals surface area contributed by atoms with Crippen molar-refractivity contribution in [1.82, 2.24) is 10.2 Å². The van der Waals surface area contributed by atoms with Gasteiger partial charge in [-0.05, 0) is 70.7 Å². The van der Waals surface area contributed by atoms with Crippen molar-refractivity contribution >= 4 is 0 Å². The minimum Gasteiger partial charge on any atom is -0.312 e. The number of aryl methyl sites for hydroxylation is 1. The quantitative estimate of drug-likeness (QED) is 0.905. The third-order valence-electron chi connectivity index (χ3n) is 4.74. The van der Waals surface area contributed by atoms with Crippen LogP contribution in [0.15, 0.2) is 24.3 Å². The second-order valence-electron chi connectivity index (χ2n) is 7.69. The molecule has 0 aromatic heterocycles. The van der Waals surface area contributed by atoms with E-state index in [9.17, 15) is 0 Å². The molecule has 0 bridgehead atoms. The van der Waals surface area contributed by atoms with Crippen LogP contribution in [0.1, 0.15) is 52.2 Å². The average Bonchev–Trinajstić information content (AvgIpc) is 2.65. The minimum atomic E-state index is 0.208. The largest absolute Gasteiger partial charge is 0.312 e. The SMILES string of the molecule is CC(CNC(C)(C)C)C(C)N1CCCc2ccccc2C1. The predicted molar refractivity (Wildman–Crippen MR) is 91.6 cm³/mol. The molecular weight excluding hydrogens is 256 g/mol. The van der Waals surface area contributed by atoms with E-state index in [-0.39, 0.29) is 5.54 Å². The van der Waals surface area contributed by atoms with E-state index >= 15 is 0 Å². The lowest BCUT2D eigenvalue weighted by molar-refractivity contribution is 0.149. The molecule has 0 saturated carbocycles. The Kier molecular flexibility index (Phi) is 5.45. The van der Waals surface area contributed by atoms with Crippen LogP contribution in [0.25, 0.3) is 0 Å². The van der Waals surface area contributed by atoms with Gasteiger partial charge in [0.15, 0.2) is 0 Å². The molecule has 0 saturated heterocycles. The van der Waals surface area contributed by atoms with E-state index < -0.39 is 0 Å². The van der Waals surface area contributed by atoms with Gasteiger partial charge in [0.1, 0.15) is 0 Å². The molecule has 2 nitrogen and oxygen atoms in total. The van der Waals surface area contributed by atoms with Gasteiger partial charge >= 0.3 is 0 Å². The highest BCUT2D eigenvalue weighted by Crippen LogP contribution is 2.22. The molecule has 1 heterocycles. The molecule has 0 fully saturated rings. The first kappa shape index (κ1) is 16.5. The molecule has 2 unspecified atom stereocenters. The highest BCUT2D eigenvalue weighted by atomic mass is 15.2. The number of hydrogen-bond acceptors (Lipinski definition) is 2. The summed E-state index contributed by atoms with van der Waals surface area (Å²) in [6.45, 7) is 14.9. The number of nitrogens with one attached hydrogen (secondary N) is 1. The molecule has 1 N–H and O–H groups in total. The summed E-state index contributed by atoms with van der Waals surface area (Å²) in [7, 11) is 0. The van der Waals surface area contributed by atoms with Crippen molar-refractivity contribution in [3.05, 3.63) is 35.4 Å². The van der Waals surface area contributed by atoms with Gasteiger partial charge in [0.2, 0.25) is 0 Å². The maximum atomic E-state index is 3.65. The lowest BCUT2D eigenvalue weighted by Gasteiger charge is -2.34. The Balaban J connectivity index is 1.97. The van der Waals surface area contributed by atoms with Crippen molar-refractivity contribution in [1.29, 1.82) is 0 Å². The number of hydrogen-bond donors (Lipinski definition) is 1. The average molecular weight is 288 g/mol. The monoisotopic (exact) mass is 288 g/mol. The zero-order chi connectivity index (χ0) is 15.5. The topological polar surface area (TPSA) is 15.3 Å². The van der Waals surface area contributed by atoms with E-state index in [1.54, 1.807) is 5.56 Å². The van der Waals surface area contributed by atoms with Crippen molar-refractivity contribution < 1.29 is 0 Å². The molecule has 0 amide bonds. The van der Waals surface area contributed by atoms with Crippen molar-refractivity contribution in [2.45, 2.75) is 65.6 Å². The summed E-state index contributed by atoms with van der Waals surface area (Å²) in [5.74, 6) is 0.662. The Labute approximate surface area is 130 Å². The Hall–Kier alpha value is -0.860. The molecule has 1 aromatic carbocycles. The van der Waals surface area contributed by atoms with Crippen LogP contribution in [0.3, 0.4) is 0 Å². The maximum Gasteiger partial charge on any atom is 0.0239 e. The zero-order valence-electron chi connectivity index (χ0n) is 14.4. The smallest absolute Gasteiger partial charge is 0.0239 e. The van der Waals surface area contributed by atoms with Crippen molar-refractivity contribution in [3.63, 3.8) is 0 Å². The van der Waals surface area contributed by atoms with Crippen molar-refractivity contribution in [3.8, 4) is 0 Å². The van der Waals surface area contributed by atoms with E-state index in [0.29, 0.717) is 12.0 Å². The van der Waals surface area contributed by atoms with Crippen molar-refractivity contribution in [2.24, 2.45) is 5.92 Å². The molecule has 2 rings (SSSR count). The van der Waals surface area contributed by atoms with E-state index in [2.05, 4.69) is 69.1 Å². The Morgan fingerprint density at radius 1 is 1.14 bits per heavy atom. The molecule has 1 aliphatic heterocycles. The summed E-state index contributed by atoms with van der Waals surface area (Å²) in [6, 6.07) is 9.57. The van der Waals surface area contributed by atoms with Crippen LogP contribution in [-0.4, -0.2) is 29.6 Å². The number of rotatable bonds is 4. The fourth-order valence-corrected chi connectivity index (χ4v) is 3.07. The van der Waals surface area contributed by atoms with Gasteiger partial charge in [0.25, 0.3) is 0 Å². The Bertz CT molecular complexity index is 447. The first-order chi connectivity index (χ1) is 9.87. The van der Waals surface area contributed by atoms with Gasteiger partial charge in [-0.15, -0.1) is 0 Å². The fraction of sp³-hybridized carbons (Fsp3) is 0.684. The van der Waals surface area contributed by atoms with Gasteiger partial charge in [-0.2, -0.15) is 0 Å². The molecule has 1 aliphatic rings. The molecule has 2 atom stereocenters. The summed E-state index contributed by atoms with van der Waals surface area (Å²) in [5.41, 5.74) is 3.28. The van der Waals surface area contributed by atoms with E-state index in [1.165, 1.54) is 24.9 Å². The zero-order valence-corrected chi connectivity index (χ0v) is 14.4. The summed E-state index contributed by atoms with van der Waals surface area (Å²) < 4.78 is 0. The summed E-state index contributed by atoms with van der Waals surface area (Å²) >= 11 is 0. The van der Waals surface area contributed by atoms with Gasteiger partial charge in [-0.25, -0.2) is 0 Å². The summed E-state index contributed by atoms with van der Waals surface area (Å²) in [4.78, 5) is 2.67. The van der Waals surface area contributed by atoms with E-state index in [0.717, 1.165) is 13.1 Å². The van der Waals surface area contributed by atoms with Gasteiger partial charge in [0.05, 0.1) is 0 Å². The van der Waals surface area contributed by atoms with Crippen LogP contribution >= 0.6 is 0 Å². The van der Waals surface area contributed by atoms with Crippen LogP contribution in [0, 0.1) is 5.92 Å². The highest BCUT2D eigenvalue weighted by molar-refractivity contribution is 5.28. The van der Waals surface area contributed by atoms with Crippen molar-refractivity contribution in [2.75, 3.05) is 13.1 Å². The van der Waals surface area contributed by atoms with Crippen LogP contribution in [0.4, 0.5) is 0 Å². The summed E-state index contributed by atoms with van der Waals surface area (Å²) in [6.07, 6.45) is 2.51. The van der Waals surface area contributed by atoms with Crippen LogP contribution in [-0.2, 0) is 13.0 Å². The molecule has 0 spiro atoms. The maximum absolute atomic E-state index is 3.65. The lowest BCUT2D eigenvalue weighted by Crippen LogP contribution is -2.45. The number of fused-ring (bicyclic) bond motifs is 1. The van der Waals surface area contributed by atoms with Gasteiger partial charge in [-0.3, -0.25) is 4.90 Å². The Morgan fingerprint density at radius 2 is 1.81 bits per heavy atom. The number of benzene rings is 1. The van der Waals surface area contributed by atoms with Gasteiger partial charge in [-0.1, -0.05) is 31.2 Å². The lowest BCUT2D eigenvalue weighted by atomic mass is 9.99. The normalized spacial score (nSPS) is 19.7. The van der Waals surface area contributed by atoms with Crippen LogP contribution in [0.5, 0.6) is 0 Å². The van der Waals surface area contributed by atoms with Crippen LogP contribution < -0.4 is 5.32 Å². The first-order valence-electron chi connectivity index (χ1n) is 8.42. The molecule has 2 heteroatoms. The standard InChI is InChI=1S/C19H32N2/c1-15(13-20-19(3,4)5)16(2)21-12-8-11-17-9-6-7-10-18(17)14-21/h6-7,9-10,15-16,20H,8,11-14H2,1-5H3. The second kappa shape index (κ2) is 6.93. The van der Waals surface area contributed by atoms with Crippen LogP contribution in [0.2, 0.25) is 0 Å². The van der Waals surface area contributed by atoms with E-state index in [1.807, 2.05) is 0 Å². The van der Waals surface area contributed by atoms with Gasteiger partial charge in [0, 0.05) is 18.1 Å². The number of nitrogens with zero attached hydrogens (tertiary/aromatic N) is 1. The third-order valence-corrected chi connectivity index (χ3v) is 4.74. The molecular formula is C19H32N2.